The molecule has 0 saturated carbocycles. The van der Waals surface area contributed by atoms with Gasteiger partial charge >= 0.3 is 0 Å². The smallest absolute Gasteiger partial charge is 0.270 e. The molecule has 2 N–H and O–H groups in total. The second-order valence-corrected chi connectivity index (χ2v) is 6.15. The van der Waals surface area contributed by atoms with E-state index in [9.17, 15) is 9.18 Å². The predicted molar refractivity (Wildman–Crippen MR) is 103 cm³/mol. The van der Waals surface area contributed by atoms with Crippen LogP contribution in [0.15, 0.2) is 60.7 Å². The summed E-state index contributed by atoms with van der Waals surface area (Å²) in [7, 11) is 0. The van der Waals surface area contributed by atoms with Crippen LogP contribution >= 0.6 is 0 Å². The molecule has 1 aromatic heterocycles. The minimum atomic E-state index is -0.306. The number of anilines is 1. The van der Waals surface area contributed by atoms with Crippen LogP contribution in [0, 0.1) is 12.7 Å². The van der Waals surface area contributed by atoms with Crippen molar-refractivity contribution in [3.8, 4) is 0 Å². The predicted octanol–water partition coefficient (Wildman–Crippen LogP) is 3.51. The Hall–Kier alpha value is -3.28. The van der Waals surface area contributed by atoms with Gasteiger partial charge in [0.25, 0.3) is 5.91 Å². The Balaban J connectivity index is 1.59. The van der Waals surface area contributed by atoms with Gasteiger partial charge in [0.2, 0.25) is 5.95 Å². The summed E-state index contributed by atoms with van der Waals surface area (Å²) in [5.74, 6) is -0.172. The van der Waals surface area contributed by atoms with Crippen molar-refractivity contribution < 1.29 is 9.18 Å². The lowest BCUT2D eigenvalue weighted by atomic mass is 10.1. The first-order chi connectivity index (χ1) is 13.1. The van der Waals surface area contributed by atoms with Crippen LogP contribution in [0.25, 0.3) is 0 Å². The van der Waals surface area contributed by atoms with Gasteiger partial charge in [-0.25, -0.2) is 14.4 Å². The number of hydrogen-bond acceptors (Lipinski definition) is 4. The average molecular weight is 364 g/mol. The maximum atomic E-state index is 13.6. The summed E-state index contributed by atoms with van der Waals surface area (Å²) in [5.41, 5.74) is 2.65. The Morgan fingerprint density at radius 1 is 1.04 bits per heavy atom. The largest absolute Gasteiger partial charge is 0.350 e. The first-order valence-electron chi connectivity index (χ1n) is 8.77. The fourth-order valence-electron chi connectivity index (χ4n) is 2.64. The van der Waals surface area contributed by atoms with Gasteiger partial charge in [-0.3, -0.25) is 4.79 Å². The maximum Gasteiger partial charge on any atom is 0.270 e. The van der Waals surface area contributed by atoms with Gasteiger partial charge in [-0.05, 0) is 36.6 Å². The topological polar surface area (TPSA) is 66.9 Å². The number of amides is 1. The van der Waals surface area contributed by atoms with E-state index < -0.39 is 0 Å². The average Bonchev–Trinajstić information content (AvgIpc) is 2.68. The molecule has 1 heterocycles. The monoisotopic (exact) mass is 364 g/mol. The SMILES string of the molecule is Cc1cc(C(=O)NCCc2ccccc2F)nc(NCc2ccccc2)n1. The number of benzene rings is 2. The highest BCUT2D eigenvalue weighted by atomic mass is 19.1. The lowest BCUT2D eigenvalue weighted by Crippen LogP contribution is -2.27. The second kappa shape index (κ2) is 8.89. The van der Waals surface area contributed by atoms with Crippen molar-refractivity contribution in [1.82, 2.24) is 15.3 Å². The molecule has 0 radical (unpaired) electrons. The number of carbonyl (C=O) groups is 1. The van der Waals surface area contributed by atoms with Crippen LogP contribution in [0.4, 0.5) is 10.3 Å². The van der Waals surface area contributed by atoms with E-state index in [1.807, 2.05) is 37.3 Å². The molecule has 0 spiro atoms. The first-order valence-corrected chi connectivity index (χ1v) is 8.77. The molecule has 1 amide bonds. The fraction of sp³-hybridized carbons (Fsp3) is 0.190. The quantitative estimate of drug-likeness (QED) is 0.673. The molecule has 3 rings (SSSR count). The van der Waals surface area contributed by atoms with Crippen molar-refractivity contribution >= 4 is 11.9 Å². The van der Waals surface area contributed by atoms with Crippen LogP contribution in [0.2, 0.25) is 0 Å². The Bertz CT molecular complexity index is 915. The van der Waals surface area contributed by atoms with Gasteiger partial charge in [-0.2, -0.15) is 0 Å². The molecule has 138 valence electrons. The normalized spacial score (nSPS) is 10.4. The zero-order valence-electron chi connectivity index (χ0n) is 15.1. The lowest BCUT2D eigenvalue weighted by Gasteiger charge is -2.09. The maximum absolute atomic E-state index is 13.6. The van der Waals surface area contributed by atoms with Gasteiger partial charge in [0.15, 0.2) is 0 Å². The number of halogens is 1. The minimum absolute atomic E-state index is 0.267. The van der Waals surface area contributed by atoms with Crippen molar-refractivity contribution in [2.75, 3.05) is 11.9 Å². The van der Waals surface area contributed by atoms with E-state index in [0.29, 0.717) is 36.7 Å². The van der Waals surface area contributed by atoms with E-state index in [1.165, 1.54) is 6.07 Å². The van der Waals surface area contributed by atoms with Gasteiger partial charge in [-0.1, -0.05) is 48.5 Å². The van der Waals surface area contributed by atoms with Crippen LogP contribution < -0.4 is 10.6 Å². The molecule has 0 atom stereocenters. The second-order valence-electron chi connectivity index (χ2n) is 6.15. The van der Waals surface area contributed by atoms with Crippen molar-refractivity contribution in [3.05, 3.63) is 89.0 Å². The summed E-state index contributed by atoms with van der Waals surface area (Å²) in [5, 5.41) is 5.91. The summed E-state index contributed by atoms with van der Waals surface area (Å²) < 4.78 is 13.6. The minimum Gasteiger partial charge on any atom is -0.350 e. The van der Waals surface area contributed by atoms with Crippen LogP contribution in [0.1, 0.15) is 27.3 Å². The van der Waals surface area contributed by atoms with Gasteiger partial charge < -0.3 is 10.6 Å². The highest BCUT2D eigenvalue weighted by Crippen LogP contribution is 2.09. The zero-order valence-corrected chi connectivity index (χ0v) is 15.1. The van der Waals surface area contributed by atoms with E-state index in [-0.39, 0.29) is 17.4 Å². The Labute approximate surface area is 157 Å². The lowest BCUT2D eigenvalue weighted by molar-refractivity contribution is 0.0949. The van der Waals surface area contributed by atoms with E-state index in [0.717, 1.165) is 5.56 Å². The molecule has 0 saturated heterocycles. The van der Waals surface area contributed by atoms with Crippen LogP contribution in [-0.4, -0.2) is 22.4 Å². The molecule has 0 aliphatic rings. The zero-order chi connectivity index (χ0) is 19.1. The van der Waals surface area contributed by atoms with Gasteiger partial charge in [0.1, 0.15) is 11.5 Å². The molecule has 0 bridgehead atoms. The molecule has 3 aromatic rings. The summed E-state index contributed by atoms with van der Waals surface area (Å²) in [6, 6.07) is 18.0. The third kappa shape index (κ3) is 5.34. The molecule has 2 aromatic carbocycles. The number of hydrogen-bond donors (Lipinski definition) is 2. The molecular weight excluding hydrogens is 343 g/mol. The summed E-state index contributed by atoms with van der Waals surface area (Å²) in [4.78, 5) is 21.0. The van der Waals surface area contributed by atoms with Crippen molar-refractivity contribution in [2.24, 2.45) is 0 Å². The van der Waals surface area contributed by atoms with Gasteiger partial charge in [0, 0.05) is 18.8 Å². The Morgan fingerprint density at radius 2 is 1.78 bits per heavy atom. The summed E-state index contributed by atoms with van der Waals surface area (Å²) >= 11 is 0. The third-order valence-corrected chi connectivity index (χ3v) is 4.02. The third-order valence-electron chi connectivity index (χ3n) is 4.02. The molecule has 0 aliphatic carbocycles. The van der Waals surface area contributed by atoms with E-state index in [1.54, 1.807) is 24.3 Å². The van der Waals surface area contributed by atoms with Crippen molar-refractivity contribution in [2.45, 2.75) is 19.9 Å². The van der Waals surface area contributed by atoms with Crippen LogP contribution in [0.3, 0.4) is 0 Å². The van der Waals surface area contributed by atoms with Crippen LogP contribution in [0.5, 0.6) is 0 Å². The number of rotatable bonds is 7. The molecule has 27 heavy (non-hydrogen) atoms. The standard InChI is InChI=1S/C21H21FN4O/c1-15-13-19(20(27)23-12-11-17-9-5-6-10-18(17)22)26-21(25-15)24-14-16-7-3-2-4-8-16/h2-10,13H,11-12,14H2,1H3,(H,23,27)(H,24,25,26). The van der Waals surface area contributed by atoms with Crippen molar-refractivity contribution in [1.29, 1.82) is 0 Å². The van der Waals surface area contributed by atoms with Gasteiger partial charge in [-0.15, -0.1) is 0 Å². The number of nitrogens with zero attached hydrogens (tertiary/aromatic N) is 2. The van der Waals surface area contributed by atoms with E-state index in [4.69, 9.17) is 0 Å². The Kier molecular flexibility index (Phi) is 6.10. The molecule has 6 heteroatoms. The van der Waals surface area contributed by atoms with Crippen molar-refractivity contribution in [3.63, 3.8) is 0 Å². The highest BCUT2D eigenvalue weighted by molar-refractivity contribution is 5.92. The highest BCUT2D eigenvalue weighted by Gasteiger charge is 2.11. The molecule has 5 nitrogen and oxygen atoms in total. The summed E-state index contributed by atoms with van der Waals surface area (Å²) in [6.45, 7) is 2.71. The fourth-order valence-corrected chi connectivity index (χ4v) is 2.64. The summed E-state index contributed by atoms with van der Waals surface area (Å²) in [6.07, 6.45) is 0.418. The molecular formula is C21H21FN4O. The molecule has 0 fully saturated rings. The number of aryl methyl sites for hydroxylation is 1. The van der Waals surface area contributed by atoms with E-state index in [2.05, 4.69) is 20.6 Å². The van der Waals surface area contributed by atoms with Crippen LogP contribution in [-0.2, 0) is 13.0 Å². The first kappa shape index (κ1) is 18.5. The number of carbonyl (C=O) groups excluding carboxylic acids is 1. The Morgan fingerprint density at radius 3 is 2.56 bits per heavy atom. The molecule has 0 aliphatic heterocycles. The van der Waals surface area contributed by atoms with E-state index >= 15 is 0 Å². The van der Waals surface area contributed by atoms with Gasteiger partial charge in [0.05, 0.1) is 0 Å². The molecule has 0 unspecified atom stereocenters. The number of nitrogens with one attached hydrogen (secondary N) is 2. The number of aromatic nitrogens is 2.